The van der Waals surface area contributed by atoms with E-state index in [-0.39, 0.29) is 5.75 Å². The van der Waals surface area contributed by atoms with Crippen LogP contribution in [0.4, 0.5) is 0 Å². The number of phenolic OH excluding ortho intramolecular Hbond substituents is 1. The standard InChI is InChI=1S/C10H11IO2/c11-9-4-3-8(12)5-10(9)13-6-7-1-2-7/h3-5,7,12H,1-2,6H2. The molecule has 1 aromatic rings. The first-order valence-electron chi connectivity index (χ1n) is 4.37. The highest BCUT2D eigenvalue weighted by Gasteiger charge is 2.22. The highest BCUT2D eigenvalue weighted by Crippen LogP contribution is 2.31. The van der Waals surface area contributed by atoms with Gasteiger partial charge in [0.05, 0.1) is 10.2 Å². The topological polar surface area (TPSA) is 29.5 Å². The first kappa shape index (κ1) is 9.12. The molecule has 1 aromatic carbocycles. The number of rotatable bonds is 3. The minimum atomic E-state index is 0.270. The quantitative estimate of drug-likeness (QED) is 0.867. The number of ether oxygens (including phenoxy) is 1. The molecule has 1 N–H and O–H groups in total. The summed E-state index contributed by atoms with van der Waals surface area (Å²) in [5.74, 6) is 1.82. The van der Waals surface area contributed by atoms with Crippen LogP contribution in [0, 0.1) is 9.49 Å². The monoisotopic (exact) mass is 290 g/mol. The van der Waals surface area contributed by atoms with Gasteiger partial charge in [0.25, 0.3) is 0 Å². The Morgan fingerprint density at radius 2 is 2.23 bits per heavy atom. The van der Waals surface area contributed by atoms with Crippen molar-refractivity contribution in [1.29, 1.82) is 0 Å². The van der Waals surface area contributed by atoms with Crippen LogP contribution < -0.4 is 4.74 Å². The lowest BCUT2D eigenvalue weighted by molar-refractivity contribution is 0.296. The van der Waals surface area contributed by atoms with Crippen molar-refractivity contribution in [2.45, 2.75) is 12.8 Å². The first-order chi connectivity index (χ1) is 6.25. The maximum Gasteiger partial charge on any atom is 0.136 e. The Morgan fingerprint density at radius 1 is 1.46 bits per heavy atom. The van der Waals surface area contributed by atoms with Gasteiger partial charge in [0, 0.05) is 6.07 Å². The third kappa shape index (κ3) is 2.49. The Kier molecular flexibility index (Phi) is 2.62. The Morgan fingerprint density at radius 3 is 2.92 bits per heavy atom. The fraction of sp³-hybridized carbons (Fsp3) is 0.400. The highest BCUT2D eigenvalue weighted by molar-refractivity contribution is 14.1. The molecule has 0 atom stereocenters. The predicted molar refractivity (Wildman–Crippen MR) is 59.0 cm³/mol. The summed E-state index contributed by atoms with van der Waals surface area (Å²) in [6.07, 6.45) is 2.57. The summed E-state index contributed by atoms with van der Waals surface area (Å²) in [5, 5.41) is 9.24. The predicted octanol–water partition coefficient (Wildman–Crippen LogP) is 2.79. The molecule has 0 radical (unpaired) electrons. The second-order valence-corrected chi connectivity index (χ2v) is 4.53. The lowest BCUT2D eigenvalue weighted by atomic mass is 10.3. The Labute approximate surface area is 91.1 Å². The zero-order chi connectivity index (χ0) is 9.26. The molecular formula is C10H11IO2. The second-order valence-electron chi connectivity index (χ2n) is 3.37. The molecule has 0 saturated heterocycles. The summed E-state index contributed by atoms with van der Waals surface area (Å²) in [6.45, 7) is 0.791. The molecule has 3 heteroatoms. The molecule has 0 unspecified atom stereocenters. The van der Waals surface area contributed by atoms with Crippen molar-refractivity contribution < 1.29 is 9.84 Å². The molecule has 0 spiro atoms. The Bertz CT molecular complexity index is 308. The summed E-state index contributed by atoms with van der Waals surface area (Å²) >= 11 is 2.21. The molecule has 0 aliphatic heterocycles. The van der Waals surface area contributed by atoms with Crippen LogP contribution in [-0.4, -0.2) is 11.7 Å². The van der Waals surface area contributed by atoms with Gasteiger partial charge < -0.3 is 9.84 Å². The molecule has 1 saturated carbocycles. The number of hydrogen-bond donors (Lipinski definition) is 1. The molecule has 2 rings (SSSR count). The van der Waals surface area contributed by atoms with Crippen LogP contribution >= 0.6 is 22.6 Å². The first-order valence-corrected chi connectivity index (χ1v) is 5.45. The molecule has 0 heterocycles. The lowest BCUT2D eigenvalue weighted by Crippen LogP contribution is -1.99. The summed E-state index contributed by atoms with van der Waals surface area (Å²) in [5.41, 5.74) is 0. The van der Waals surface area contributed by atoms with Crippen LogP contribution in [0.3, 0.4) is 0 Å². The van der Waals surface area contributed by atoms with E-state index in [0.717, 1.165) is 21.8 Å². The molecule has 13 heavy (non-hydrogen) atoms. The van der Waals surface area contributed by atoms with Gasteiger partial charge in [-0.1, -0.05) is 0 Å². The summed E-state index contributed by atoms with van der Waals surface area (Å²) in [7, 11) is 0. The van der Waals surface area contributed by atoms with E-state index in [9.17, 15) is 5.11 Å². The fourth-order valence-corrected chi connectivity index (χ4v) is 1.59. The number of phenols is 1. The third-order valence-corrected chi connectivity index (χ3v) is 2.98. The number of hydrogen-bond acceptors (Lipinski definition) is 2. The van der Waals surface area contributed by atoms with Gasteiger partial charge in [-0.2, -0.15) is 0 Å². The third-order valence-electron chi connectivity index (χ3n) is 2.09. The van der Waals surface area contributed by atoms with E-state index in [1.54, 1.807) is 12.1 Å². The molecule has 2 nitrogen and oxygen atoms in total. The molecule has 1 aliphatic carbocycles. The van der Waals surface area contributed by atoms with Crippen molar-refractivity contribution in [2.75, 3.05) is 6.61 Å². The minimum absolute atomic E-state index is 0.270. The zero-order valence-corrected chi connectivity index (χ0v) is 9.32. The lowest BCUT2D eigenvalue weighted by Gasteiger charge is -2.07. The average Bonchev–Trinajstić information content (AvgIpc) is 2.90. The smallest absolute Gasteiger partial charge is 0.136 e. The molecule has 70 valence electrons. The van der Waals surface area contributed by atoms with Crippen molar-refractivity contribution in [3.05, 3.63) is 21.8 Å². The van der Waals surface area contributed by atoms with Gasteiger partial charge in [0.2, 0.25) is 0 Å². The van der Waals surface area contributed by atoms with E-state index in [1.165, 1.54) is 12.8 Å². The normalized spacial score (nSPS) is 15.8. The van der Waals surface area contributed by atoms with Crippen molar-refractivity contribution in [1.82, 2.24) is 0 Å². The van der Waals surface area contributed by atoms with Crippen LogP contribution in [-0.2, 0) is 0 Å². The zero-order valence-electron chi connectivity index (χ0n) is 7.16. The molecule has 1 fully saturated rings. The SMILES string of the molecule is Oc1ccc(I)c(OCC2CC2)c1. The van der Waals surface area contributed by atoms with Gasteiger partial charge in [-0.25, -0.2) is 0 Å². The van der Waals surface area contributed by atoms with Crippen LogP contribution in [0.1, 0.15) is 12.8 Å². The Balaban J connectivity index is 2.03. The van der Waals surface area contributed by atoms with Crippen LogP contribution in [0.25, 0.3) is 0 Å². The molecule has 1 aliphatic rings. The Hall–Kier alpha value is -0.450. The second kappa shape index (κ2) is 3.74. The summed E-state index contributed by atoms with van der Waals surface area (Å²) in [4.78, 5) is 0. The van der Waals surface area contributed by atoms with E-state index in [4.69, 9.17) is 4.74 Å². The number of aromatic hydroxyl groups is 1. The minimum Gasteiger partial charge on any atom is -0.508 e. The van der Waals surface area contributed by atoms with E-state index in [2.05, 4.69) is 22.6 Å². The van der Waals surface area contributed by atoms with E-state index in [1.807, 2.05) is 6.07 Å². The maximum absolute atomic E-state index is 9.24. The molecule has 0 bridgehead atoms. The van der Waals surface area contributed by atoms with Crippen LogP contribution in [0.5, 0.6) is 11.5 Å². The fourth-order valence-electron chi connectivity index (χ4n) is 1.09. The maximum atomic E-state index is 9.24. The number of benzene rings is 1. The molecule has 0 amide bonds. The van der Waals surface area contributed by atoms with Crippen molar-refractivity contribution >= 4 is 22.6 Å². The average molecular weight is 290 g/mol. The summed E-state index contributed by atoms with van der Waals surface area (Å²) in [6, 6.07) is 5.20. The van der Waals surface area contributed by atoms with Gasteiger partial charge in [0.15, 0.2) is 0 Å². The summed E-state index contributed by atoms with van der Waals surface area (Å²) < 4.78 is 6.63. The molecule has 0 aromatic heterocycles. The van der Waals surface area contributed by atoms with Gasteiger partial charge in [-0.15, -0.1) is 0 Å². The highest BCUT2D eigenvalue weighted by atomic mass is 127. The van der Waals surface area contributed by atoms with Crippen molar-refractivity contribution in [2.24, 2.45) is 5.92 Å². The van der Waals surface area contributed by atoms with Crippen molar-refractivity contribution in [3.8, 4) is 11.5 Å². The van der Waals surface area contributed by atoms with Gasteiger partial charge in [0.1, 0.15) is 11.5 Å². The van der Waals surface area contributed by atoms with E-state index >= 15 is 0 Å². The largest absolute Gasteiger partial charge is 0.508 e. The van der Waals surface area contributed by atoms with Gasteiger partial charge in [-0.3, -0.25) is 0 Å². The number of halogens is 1. The van der Waals surface area contributed by atoms with Crippen LogP contribution in [0.2, 0.25) is 0 Å². The van der Waals surface area contributed by atoms with Crippen molar-refractivity contribution in [3.63, 3.8) is 0 Å². The van der Waals surface area contributed by atoms with E-state index in [0.29, 0.717) is 0 Å². The van der Waals surface area contributed by atoms with Crippen LogP contribution in [0.15, 0.2) is 18.2 Å². The van der Waals surface area contributed by atoms with Gasteiger partial charge >= 0.3 is 0 Å². The molecular weight excluding hydrogens is 279 g/mol. The van der Waals surface area contributed by atoms with E-state index < -0.39 is 0 Å². The van der Waals surface area contributed by atoms with Gasteiger partial charge in [-0.05, 0) is 53.5 Å².